The van der Waals surface area contributed by atoms with E-state index in [0.717, 1.165) is 12.8 Å². The molecule has 1 aliphatic heterocycles. The van der Waals surface area contributed by atoms with E-state index in [0.29, 0.717) is 30.4 Å². The van der Waals surface area contributed by atoms with Crippen LogP contribution in [0.5, 0.6) is 5.88 Å². The summed E-state index contributed by atoms with van der Waals surface area (Å²) in [6.07, 6.45) is 8.32. The Balaban J connectivity index is 1.32. The molecule has 1 aliphatic rings. The predicted molar refractivity (Wildman–Crippen MR) is 92.9 cm³/mol. The molecule has 8 nitrogen and oxygen atoms in total. The van der Waals surface area contributed by atoms with E-state index in [-0.39, 0.29) is 12.0 Å². The number of carbonyl (C=O) groups excluding carboxylic acids is 1. The maximum Gasteiger partial charge on any atom is 0.253 e. The van der Waals surface area contributed by atoms with Gasteiger partial charge in [0.1, 0.15) is 6.10 Å². The monoisotopic (exact) mass is 350 g/mol. The number of pyridine rings is 1. The van der Waals surface area contributed by atoms with Crippen LogP contribution in [0.4, 0.5) is 0 Å². The number of amides is 1. The SMILES string of the molecule is O=C(c1ccncc1)N1CCC(Oc2ccc(-n3cccn3)nn2)CC1. The molecule has 1 fully saturated rings. The van der Waals surface area contributed by atoms with E-state index in [1.165, 1.54) is 0 Å². The van der Waals surface area contributed by atoms with Crippen molar-refractivity contribution in [2.75, 3.05) is 13.1 Å². The molecule has 1 saturated heterocycles. The number of rotatable bonds is 4. The van der Waals surface area contributed by atoms with Gasteiger partial charge in [-0.05, 0) is 24.3 Å². The van der Waals surface area contributed by atoms with Gasteiger partial charge in [0, 0.05) is 62.3 Å². The van der Waals surface area contributed by atoms with Crippen molar-refractivity contribution in [3.05, 3.63) is 60.7 Å². The van der Waals surface area contributed by atoms with Crippen molar-refractivity contribution in [2.24, 2.45) is 0 Å². The van der Waals surface area contributed by atoms with Crippen molar-refractivity contribution >= 4 is 5.91 Å². The first-order valence-corrected chi connectivity index (χ1v) is 8.49. The van der Waals surface area contributed by atoms with Crippen LogP contribution < -0.4 is 4.74 Å². The molecule has 0 N–H and O–H groups in total. The molecular weight excluding hydrogens is 332 g/mol. The Kier molecular flexibility index (Phi) is 4.55. The summed E-state index contributed by atoms with van der Waals surface area (Å²) < 4.78 is 7.55. The maximum absolute atomic E-state index is 12.4. The standard InChI is InChI=1S/C18H18N6O2/c25-18(14-4-9-19-10-5-14)23-12-6-15(7-13-23)26-17-3-2-16(21-22-17)24-11-1-8-20-24/h1-5,8-11,15H,6-7,12-13H2. The van der Waals surface area contributed by atoms with Crippen LogP contribution in [-0.2, 0) is 0 Å². The first-order valence-electron chi connectivity index (χ1n) is 8.49. The Bertz CT molecular complexity index is 843. The third-order valence-electron chi connectivity index (χ3n) is 4.31. The summed E-state index contributed by atoms with van der Waals surface area (Å²) in [6.45, 7) is 1.31. The number of aromatic nitrogens is 5. The van der Waals surface area contributed by atoms with E-state index in [2.05, 4.69) is 20.3 Å². The van der Waals surface area contributed by atoms with E-state index >= 15 is 0 Å². The van der Waals surface area contributed by atoms with Gasteiger partial charge in [0.25, 0.3) is 5.91 Å². The molecule has 26 heavy (non-hydrogen) atoms. The molecule has 4 heterocycles. The minimum Gasteiger partial charge on any atom is -0.473 e. The molecule has 0 atom stereocenters. The molecule has 0 aromatic carbocycles. The second kappa shape index (κ2) is 7.30. The summed E-state index contributed by atoms with van der Waals surface area (Å²) in [5.74, 6) is 1.16. The van der Waals surface area contributed by atoms with E-state index in [4.69, 9.17) is 4.74 Å². The molecule has 0 saturated carbocycles. The lowest BCUT2D eigenvalue weighted by Gasteiger charge is -2.31. The number of likely N-dealkylation sites (tertiary alicyclic amines) is 1. The van der Waals surface area contributed by atoms with Crippen LogP contribution in [0.2, 0.25) is 0 Å². The highest BCUT2D eigenvalue weighted by molar-refractivity contribution is 5.94. The lowest BCUT2D eigenvalue weighted by atomic mass is 10.1. The number of carbonyl (C=O) groups is 1. The third kappa shape index (κ3) is 3.53. The van der Waals surface area contributed by atoms with E-state index in [1.54, 1.807) is 47.7 Å². The first-order chi connectivity index (χ1) is 12.8. The minimum atomic E-state index is 0.0290. The topological polar surface area (TPSA) is 86.0 Å². The zero-order chi connectivity index (χ0) is 17.8. The summed E-state index contributed by atoms with van der Waals surface area (Å²) in [5.41, 5.74) is 0.666. The molecule has 1 amide bonds. The molecule has 3 aromatic heterocycles. The van der Waals surface area contributed by atoms with Gasteiger partial charge in [0.15, 0.2) is 5.82 Å². The van der Waals surface area contributed by atoms with E-state index in [1.807, 2.05) is 17.0 Å². The Labute approximate surface area is 150 Å². The Hall–Kier alpha value is -3.29. The molecule has 0 bridgehead atoms. The number of piperidine rings is 1. The first kappa shape index (κ1) is 16.2. The van der Waals surface area contributed by atoms with Crippen LogP contribution in [0, 0.1) is 0 Å². The Morgan fingerprint density at radius 2 is 1.85 bits per heavy atom. The average molecular weight is 350 g/mol. The quantitative estimate of drug-likeness (QED) is 0.712. The molecule has 0 unspecified atom stereocenters. The summed E-state index contributed by atoms with van der Waals surface area (Å²) in [6, 6.07) is 8.91. The van der Waals surface area contributed by atoms with Gasteiger partial charge in [-0.25, -0.2) is 4.68 Å². The maximum atomic E-state index is 12.4. The molecule has 8 heteroatoms. The highest BCUT2D eigenvalue weighted by atomic mass is 16.5. The van der Waals surface area contributed by atoms with E-state index in [9.17, 15) is 4.79 Å². The van der Waals surface area contributed by atoms with Gasteiger partial charge < -0.3 is 9.64 Å². The van der Waals surface area contributed by atoms with Crippen LogP contribution >= 0.6 is 0 Å². The lowest BCUT2D eigenvalue weighted by Crippen LogP contribution is -2.41. The van der Waals surface area contributed by atoms with Gasteiger partial charge in [-0.2, -0.15) is 5.10 Å². The van der Waals surface area contributed by atoms with Gasteiger partial charge in [0.2, 0.25) is 5.88 Å². The van der Waals surface area contributed by atoms with Crippen molar-refractivity contribution in [1.29, 1.82) is 0 Å². The number of hydrogen-bond acceptors (Lipinski definition) is 6. The van der Waals surface area contributed by atoms with Crippen molar-refractivity contribution < 1.29 is 9.53 Å². The average Bonchev–Trinajstić information content (AvgIpc) is 3.24. The van der Waals surface area contributed by atoms with Gasteiger partial charge in [-0.1, -0.05) is 0 Å². The Morgan fingerprint density at radius 1 is 1.04 bits per heavy atom. The van der Waals surface area contributed by atoms with Gasteiger partial charge in [-0.3, -0.25) is 9.78 Å². The summed E-state index contributed by atoms with van der Waals surface area (Å²) in [4.78, 5) is 18.2. The number of ether oxygens (including phenoxy) is 1. The predicted octanol–water partition coefficient (Wildman–Crippen LogP) is 1.74. The largest absolute Gasteiger partial charge is 0.473 e. The second-order valence-corrected chi connectivity index (χ2v) is 6.03. The van der Waals surface area contributed by atoms with Crippen LogP contribution in [0.3, 0.4) is 0 Å². The third-order valence-corrected chi connectivity index (χ3v) is 4.31. The molecule has 4 rings (SSSR count). The zero-order valence-corrected chi connectivity index (χ0v) is 14.1. The fourth-order valence-electron chi connectivity index (χ4n) is 2.93. The molecule has 3 aromatic rings. The van der Waals surface area contributed by atoms with Crippen molar-refractivity contribution in [3.63, 3.8) is 0 Å². The summed E-state index contributed by atoms with van der Waals surface area (Å²) in [5, 5.41) is 12.3. The fourth-order valence-corrected chi connectivity index (χ4v) is 2.93. The molecule has 0 radical (unpaired) electrons. The normalized spacial score (nSPS) is 15.0. The summed E-state index contributed by atoms with van der Waals surface area (Å²) >= 11 is 0. The molecule has 0 spiro atoms. The summed E-state index contributed by atoms with van der Waals surface area (Å²) in [7, 11) is 0. The lowest BCUT2D eigenvalue weighted by molar-refractivity contribution is 0.0586. The fraction of sp³-hybridized carbons (Fsp3) is 0.278. The smallest absolute Gasteiger partial charge is 0.253 e. The van der Waals surface area contributed by atoms with Crippen LogP contribution in [0.25, 0.3) is 5.82 Å². The second-order valence-electron chi connectivity index (χ2n) is 6.03. The number of hydrogen-bond donors (Lipinski definition) is 0. The highest BCUT2D eigenvalue weighted by Gasteiger charge is 2.25. The zero-order valence-electron chi connectivity index (χ0n) is 14.1. The van der Waals surface area contributed by atoms with Crippen LogP contribution in [0.15, 0.2) is 55.1 Å². The minimum absolute atomic E-state index is 0.0290. The highest BCUT2D eigenvalue weighted by Crippen LogP contribution is 2.19. The van der Waals surface area contributed by atoms with Crippen LogP contribution in [0.1, 0.15) is 23.2 Å². The molecule has 132 valence electrons. The van der Waals surface area contributed by atoms with E-state index < -0.39 is 0 Å². The molecular formula is C18H18N6O2. The number of nitrogens with zero attached hydrogens (tertiary/aromatic N) is 6. The van der Waals surface area contributed by atoms with Crippen molar-refractivity contribution in [2.45, 2.75) is 18.9 Å². The Morgan fingerprint density at radius 3 is 2.50 bits per heavy atom. The van der Waals surface area contributed by atoms with Gasteiger partial charge in [-0.15, -0.1) is 10.2 Å². The molecule has 0 aliphatic carbocycles. The van der Waals surface area contributed by atoms with Crippen molar-refractivity contribution in [1.82, 2.24) is 29.9 Å². The van der Waals surface area contributed by atoms with Crippen LogP contribution in [-0.4, -0.2) is 55.0 Å². The van der Waals surface area contributed by atoms with Crippen molar-refractivity contribution in [3.8, 4) is 11.7 Å². The van der Waals surface area contributed by atoms with Gasteiger partial charge in [0.05, 0.1) is 0 Å². The van der Waals surface area contributed by atoms with Gasteiger partial charge >= 0.3 is 0 Å².